The summed E-state index contributed by atoms with van der Waals surface area (Å²) in [4.78, 5) is 16.8. The van der Waals surface area contributed by atoms with Gasteiger partial charge in [-0.05, 0) is 50.3 Å². The average molecular weight is 346 g/mol. The van der Waals surface area contributed by atoms with Crippen LogP contribution < -0.4 is 4.74 Å². The van der Waals surface area contributed by atoms with Crippen LogP contribution in [0.15, 0.2) is 24.3 Å². The van der Waals surface area contributed by atoms with Crippen LogP contribution in [0.3, 0.4) is 0 Å². The molecule has 138 valence electrons. The van der Waals surface area contributed by atoms with Crippen LogP contribution in [-0.4, -0.2) is 65.7 Å². The number of aryl methyl sites for hydroxylation is 1. The molecule has 2 atom stereocenters. The fraction of sp³-hybridized carbons (Fsp3) is 0.650. The number of carbonyl (C=O) groups excluding carboxylic acids is 1. The topological polar surface area (TPSA) is 53.0 Å². The van der Waals surface area contributed by atoms with Crippen molar-refractivity contribution in [2.75, 3.05) is 32.8 Å². The number of amides is 1. The summed E-state index contributed by atoms with van der Waals surface area (Å²) in [5.41, 5.74) is 1.17. The number of benzene rings is 1. The van der Waals surface area contributed by atoms with E-state index in [1.165, 1.54) is 5.56 Å². The summed E-state index contributed by atoms with van der Waals surface area (Å²) in [6.45, 7) is 5.98. The first-order valence-electron chi connectivity index (χ1n) is 9.59. The first-order valence-corrected chi connectivity index (χ1v) is 9.59. The second-order valence-corrected chi connectivity index (χ2v) is 7.06. The van der Waals surface area contributed by atoms with Crippen LogP contribution in [0.25, 0.3) is 0 Å². The Bertz CT molecular complexity index is 553. The van der Waals surface area contributed by atoms with Gasteiger partial charge in [0.2, 0.25) is 5.91 Å². The van der Waals surface area contributed by atoms with Gasteiger partial charge in [-0.3, -0.25) is 9.69 Å². The molecule has 2 aliphatic rings. The molecular weight excluding hydrogens is 316 g/mol. The van der Waals surface area contributed by atoms with Gasteiger partial charge in [-0.25, -0.2) is 0 Å². The molecule has 1 aromatic carbocycles. The molecule has 2 unspecified atom stereocenters. The maximum atomic E-state index is 12.5. The lowest BCUT2D eigenvalue weighted by atomic mass is 10.1. The Morgan fingerprint density at radius 3 is 2.48 bits per heavy atom. The van der Waals surface area contributed by atoms with Gasteiger partial charge < -0.3 is 14.7 Å². The third kappa shape index (κ3) is 4.73. The Morgan fingerprint density at radius 2 is 1.88 bits per heavy atom. The quantitative estimate of drug-likeness (QED) is 0.857. The minimum Gasteiger partial charge on any atom is -0.494 e. The van der Waals surface area contributed by atoms with Gasteiger partial charge in [0.1, 0.15) is 5.75 Å². The van der Waals surface area contributed by atoms with Crippen LogP contribution in [0.4, 0.5) is 0 Å². The van der Waals surface area contributed by atoms with Crippen molar-refractivity contribution in [3.05, 3.63) is 29.8 Å². The molecule has 0 spiro atoms. The van der Waals surface area contributed by atoms with Crippen LogP contribution in [0.1, 0.15) is 38.2 Å². The molecule has 1 saturated heterocycles. The van der Waals surface area contributed by atoms with Crippen molar-refractivity contribution in [2.24, 2.45) is 0 Å². The molecule has 25 heavy (non-hydrogen) atoms. The number of carbonyl (C=O) groups is 1. The Morgan fingerprint density at radius 1 is 1.16 bits per heavy atom. The molecule has 1 aromatic rings. The molecule has 1 saturated carbocycles. The van der Waals surface area contributed by atoms with Crippen molar-refractivity contribution in [3.8, 4) is 5.75 Å². The van der Waals surface area contributed by atoms with Crippen molar-refractivity contribution in [1.82, 2.24) is 9.80 Å². The standard InChI is InChI=1S/C20H30N2O3/c1-2-25-17-9-6-16(7-10-17)8-11-20(24)22-14-12-21(13-15-22)18-4-3-5-19(18)23/h6-7,9-10,18-19,23H,2-5,8,11-15H2,1H3. The van der Waals surface area contributed by atoms with Gasteiger partial charge in [0.05, 0.1) is 12.7 Å². The van der Waals surface area contributed by atoms with E-state index < -0.39 is 0 Å². The first kappa shape index (κ1) is 18.2. The van der Waals surface area contributed by atoms with Crippen molar-refractivity contribution in [1.29, 1.82) is 0 Å². The van der Waals surface area contributed by atoms with Crippen LogP contribution >= 0.6 is 0 Å². The largest absolute Gasteiger partial charge is 0.494 e. The molecular formula is C20H30N2O3. The Balaban J connectivity index is 1.42. The first-order chi connectivity index (χ1) is 12.2. The summed E-state index contributed by atoms with van der Waals surface area (Å²) < 4.78 is 5.44. The van der Waals surface area contributed by atoms with Gasteiger partial charge in [0.15, 0.2) is 0 Å². The van der Waals surface area contributed by atoms with E-state index in [2.05, 4.69) is 4.90 Å². The monoisotopic (exact) mass is 346 g/mol. The number of aliphatic hydroxyl groups is 1. The molecule has 0 bridgehead atoms. The predicted octanol–water partition coefficient (Wildman–Crippen LogP) is 2.08. The molecule has 0 aromatic heterocycles. The summed E-state index contributed by atoms with van der Waals surface area (Å²) in [6.07, 6.45) is 4.28. The van der Waals surface area contributed by atoms with E-state index in [4.69, 9.17) is 4.74 Å². The summed E-state index contributed by atoms with van der Waals surface area (Å²) >= 11 is 0. The summed E-state index contributed by atoms with van der Waals surface area (Å²) in [6, 6.07) is 8.32. The lowest BCUT2D eigenvalue weighted by molar-refractivity contribution is -0.133. The second kappa shape index (κ2) is 8.68. The summed E-state index contributed by atoms with van der Waals surface area (Å²) in [7, 11) is 0. The minimum absolute atomic E-state index is 0.179. The lowest BCUT2D eigenvalue weighted by Crippen LogP contribution is -2.53. The van der Waals surface area contributed by atoms with Gasteiger partial charge >= 0.3 is 0 Å². The highest BCUT2D eigenvalue weighted by atomic mass is 16.5. The molecule has 1 heterocycles. The molecule has 5 nitrogen and oxygen atoms in total. The van der Waals surface area contributed by atoms with Gasteiger partial charge in [-0.15, -0.1) is 0 Å². The second-order valence-electron chi connectivity index (χ2n) is 7.06. The fourth-order valence-electron chi connectivity index (χ4n) is 3.98. The van der Waals surface area contributed by atoms with E-state index in [0.717, 1.165) is 57.6 Å². The Hall–Kier alpha value is -1.59. The van der Waals surface area contributed by atoms with Gasteiger partial charge in [0.25, 0.3) is 0 Å². The molecule has 1 amide bonds. The Labute approximate surface area is 150 Å². The van der Waals surface area contributed by atoms with Crippen molar-refractivity contribution < 1.29 is 14.6 Å². The van der Waals surface area contributed by atoms with E-state index in [9.17, 15) is 9.90 Å². The summed E-state index contributed by atoms with van der Waals surface area (Å²) in [5.74, 6) is 1.11. The summed E-state index contributed by atoms with van der Waals surface area (Å²) in [5, 5.41) is 10.0. The maximum Gasteiger partial charge on any atom is 0.222 e. The third-order valence-corrected chi connectivity index (χ3v) is 5.44. The molecule has 1 aliphatic carbocycles. The number of nitrogens with zero attached hydrogens (tertiary/aromatic N) is 2. The Kier molecular flexibility index (Phi) is 6.32. The van der Waals surface area contributed by atoms with Crippen molar-refractivity contribution >= 4 is 5.91 Å². The zero-order chi connectivity index (χ0) is 17.6. The number of hydrogen-bond acceptors (Lipinski definition) is 4. The van der Waals surface area contributed by atoms with Gasteiger partial charge in [-0.2, -0.15) is 0 Å². The molecule has 5 heteroatoms. The van der Waals surface area contributed by atoms with Crippen LogP contribution in [0.5, 0.6) is 5.75 Å². The average Bonchev–Trinajstić information content (AvgIpc) is 3.07. The van der Waals surface area contributed by atoms with Gasteiger partial charge in [0, 0.05) is 38.6 Å². The highest BCUT2D eigenvalue weighted by Gasteiger charge is 2.33. The van der Waals surface area contributed by atoms with Gasteiger partial charge in [-0.1, -0.05) is 12.1 Å². The molecule has 0 radical (unpaired) electrons. The van der Waals surface area contributed by atoms with E-state index in [1.54, 1.807) is 0 Å². The highest BCUT2D eigenvalue weighted by Crippen LogP contribution is 2.25. The number of piperazine rings is 1. The predicted molar refractivity (Wildman–Crippen MR) is 97.7 cm³/mol. The van der Waals surface area contributed by atoms with Crippen LogP contribution in [0.2, 0.25) is 0 Å². The number of hydrogen-bond donors (Lipinski definition) is 1. The zero-order valence-electron chi connectivity index (χ0n) is 15.2. The fourth-order valence-corrected chi connectivity index (χ4v) is 3.98. The van der Waals surface area contributed by atoms with E-state index >= 15 is 0 Å². The molecule has 3 rings (SSSR count). The smallest absolute Gasteiger partial charge is 0.222 e. The van der Waals surface area contributed by atoms with Crippen molar-refractivity contribution in [3.63, 3.8) is 0 Å². The lowest BCUT2D eigenvalue weighted by Gasteiger charge is -2.39. The van der Waals surface area contributed by atoms with E-state index in [1.807, 2.05) is 36.1 Å². The number of rotatable bonds is 6. The normalized spacial score (nSPS) is 24.5. The van der Waals surface area contributed by atoms with E-state index in [0.29, 0.717) is 19.1 Å². The zero-order valence-corrected chi connectivity index (χ0v) is 15.2. The molecule has 1 aliphatic heterocycles. The minimum atomic E-state index is -0.179. The van der Waals surface area contributed by atoms with Crippen LogP contribution in [-0.2, 0) is 11.2 Å². The van der Waals surface area contributed by atoms with Crippen LogP contribution in [0, 0.1) is 0 Å². The maximum absolute atomic E-state index is 12.5. The number of aliphatic hydroxyl groups excluding tert-OH is 1. The third-order valence-electron chi connectivity index (χ3n) is 5.44. The van der Waals surface area contributed by atoms with Crippen molar-refractivity contribution in [2.45, 2.75) is 51.2 Å². The van der Waals surface area contributed by atoms with E-state index in [-0.39, 0.29) is 12.0 Å². The molecule has 2 fully saturated rings. The highest BCUT2D eigenvalue weighted by molar-refractivity contribution is 5.76. The molecule has 1 N–H and O–H groups in total. The SMILES string of the molecule is CCOc1ccc(CCC(=O)N2CCN(C3CCCC3O)CC2)cc1. The number of ether oxygens (including phenoxy) is 1.